The van der Waals surface area contributed by atoms with Crippen LogP contribution in [0.25, 0.3) is 56.0 Å². The Morgan fingerprint density at radius 1 is 0.952 bits per heavy atom. The zero-order valence-corrected chi connectivity index (χ0v) is 23.4. The molecule has 1 aliphatic rings. The minimum Gasteiger partial charge on any atom is -0.492 e. The van der Waals surface area contributed by atoms with Gasteiger partial charge < -0.3 is 14.6 Å². The number of nitrogens with zero attached hydrogens (tertiary/aromatic N) is 7. The van der Waals surface area contributed by atoms with E-state index in [0.29, 0.717) is 46.2 Å². The van der Waals surface area contributed by atoms with Crippen LogP contribution in [-0.4, -0.2) is 80.4 Å². The van der Waals surface area contributed by atoms with E-state index in [1.165, 1.54) is 25.0 Å². The Morgan fingerprint density at radius 3 is 2.67 bits per heavy atom. The molecule has 1 aromatic carbocycles. The predicted octanol–water partition coefficient (Wildman–Crippen LogP) is 5.30. The lowest BCUT2D eigenvalue weighted by molar-refractivity contribution is 0.237. The first-order chi connectivity index (χ1) is 20.5. The van der Waals surface area contributed by atoms with Gasteiger partial charge >= 0.3 is 0 Å². The standard InChI is InChI=1S/C31H30FN9O/c1-40(2)23-12-20(16-33-18-23)21-14-26-28(38-39-29(26)35-17-21)31-36-27-25(5-6-34-30(27)37-31)19-11-22(32)15-24(13-19)42-10-9-41-7-3-4-8-41/h5-6,11-18H,3-4,7-10H2,1-2H3,(H,34,36,37)(H,35,38,39). The Labute approximate surface area is 241 Å². The van der Waals surface area contributed by atoms with Crippen LogP contribution < -0.4 is 9.64 Å². The highest BCUT2D eigenvalue weighted by Crippen LogP contribution is 2.33. The van der Waals surface area contributed by atoms with Gasteiger partial charge in [-0.15, -0.1) is 0 Å². The summed E-state index contributed by atoms with van der Waals surface area (Å²) in [5.74, 6) is 0.698. The highest BCUT2D eigenvalue weighted by Gasteiger charge is 2.18. The van der Waals surface area contributed by atoms with Crippen molar-refractivity contribution >= 4 is 27.9 Å². The SMILES string of the molecule is CN(C)c1cncc(-c2cnc3n[nH]c(-c4nc5nccc(-c6cc(F)cc(OCCN7CCCC7)c6)c5[nH]4)c3c2)c1. The first-order valence-electron chi connectivity index (χ1n) is 14.0. The molecule has 42 heavy (non-hydrogen) atoms. The number of H-pyrrole nitrogens is 2. The van der Waals surface area contributed by atoms with Gasteiger partial charge in [-0.25, -0.2) is 19.3 Å². The molecule has 1 saturated heterocycles. The Morgan fingerprint density at radius 2 is 1.81 bits per heavy atom. The monoisotopic (exact) mass is 563 g/mol. The maximum absolute atomic E-state index is 14.7. The second-order valence-corrected chi connectivity index (χ2v) is 10.7. The molecule has 6 heterocycles. The summed E-state index contributed by atoms with van der Waals surface area (Å²) in [4.78, 5) is 26.0. The summed E-state index contributed by atoms with van der Waals surface area (Å²) >= 11 is 0. The number of halogens is 1. The Hall–Kier alpha value is -4.90. The van der Waals surface area contributed by atoms with Crippen LogP contribution in [0.4, 0.5) is 10.1 Å². The van der Waals surface area contributed by atoms with Crippen LogP contribution in [0, 0.1) is 5.82 Å². The van der Waals surface area contributed by atoms with Crippen molar-refractivity contribution in [3.63, 3.8) is 0 Å². The molecule has 5 aromatic heterocycles. The van der Waals surface area contributed by atoms with Crippen LogP contribution in [0.2, 0.25) is 0 Å². The summed E-state index contributed by atoms with van der Waals surface area (Å²) in [7, 11) is 3.96. The van der Waals surface area contributed by atoms with Gasteiger partial charge in [0.1, 0.15) is 23.9 Å². The Bertz CT molecular complexity index is 1890. The van der Waals surface area contributed by atoms with Crippen molar-refractivity contribution in [3.8, 4) is 39.5 Å². The smallest absolute Gasteiger partial charge is 0.181 e. The number of hydrogen-bond donors (Lipinski definition) is 2. The van der Waals surface area contributed by atoms with Gasteiger partial charge in [0.05, 0.1) is 22.8 Å². The van der Waals surface area contributed by atoms with E-state index in [1.54, 1.807) is 12.4 Å². The van der Waals surface area contributed by atoms with Crippen molar-refractivity contribution in [2.45, 2.75) is 12.8 Å². The number of nitrogens with one attached hydrogen (secondary N) is 2. The lowest BCUT2D eigenvalue weighted by atomic mass is 10.1. The van der Waals surface area contributed by atoms with E-state index in [0.717, 1.165) is 47.4 Å². The molecule has 10 nitrogen and oxygen atoms in total. The summed E-state index contributed by atoms with van der Waals surface area (Å²) in [5, 5.41) is 8.29. The number of benzene rings is 1. The van der Waals surface area contributed by atoms with Gasteiger partial charge in [-0.05, 0) is 61.8 Å². The Balaban J connectivity index is 1.22. The number of aromatic nitrogens is 7. The lowest BCUT2D eigenvalue weighted by Gasteiger charge is -2.15. The summed E-state index contributed by atoms with van der Waals surface area (Å²) < 4.78 is 20.7. The summed E-state index contributed by atoms with van der Waals surface area (Å²) in [5.41, 5.74) is 6.76. The molecule has 6 aromatic rings. The van der Waals surface area contributed by atoms with E-state index in [9.17, 15) is 4.39 Å². The number of hydrogen-bond acceptors (Lipinski definition) is 8. The van der Waals surface area contributed by atoms with Crippen molar-refractivity contribution in [1.82, 2.24) is 40.0 Å². The maximum atomic E-state index is 14.7. The number of pyridine rings is 3. The average Bonchev–Trinajstić information content (AvgIpc) is 3.76. The normalized spacial score (nSPS) is 13.8. The minimum atomic E-state index is -0.362. The van der Waals surface area contributed by atoms with Crippen molar-refractivity contribution in [3.05, 3.63) is 67.0 Å². The number of likely N-dealkylation sites (tertiary alicyclic amines) is 1. The molecule has 0 aliphatic carbocycles. The molecular formula is C31H30FN9O. The van der Waals surface area contributed by atoms with Gasteiger partial charge in [-0.1, -0.05) is 0 Å². The van der Waals surface area contributed by atoms with E-state index in [2.05, 4.69) is 41.1 Å². The van der Waals surface area contributed by atoms with Crippen molar-refractivity contribution in [2.24, 2.45) is 0 Å². The molecule has 0 atom stereocenters. The van der Waals surface area contributed by atoms with Crippen LogP contribution in [0.5, 0.6) is 5.75 Å². The highest BCUT2D eigenvalue weighted by molar-refractivity contribution is 5.96. The molecule has 0 radical (unpaired) electrons. The van der Waals surface area contributed by atoms with Gasteiger partial charge in [0.2, 0.25) is 0 Å². The topological polar surface area (TPSA) is 112 Å². The second kappa shape index (κ2) is 10.8. The van der Waals surface area contributed by atoms with E-state index >= 15 is 0 Å². The fourth-order valence-corrected chi connectivity index (χ4v) is 5.44. The number of anilines is 1. The number of rotatable bonds is 8. The van der Waals surface area contributed by atoms with Crippen LogP contribution in [0.15, 0.2) is 61.2 Å². The fourth-order valence-electron chi connectivity index (χ4n) is 5.44. The van der Waals surface area contributed by atoms with Crippen molar-refractivity contribution < 1.29 is 9.13 Å². The average molecular weight is 564 g/mol. The fraction of sp³-hybridized carbons (Fsp3) is 0.258. The molecule has 1 fully saturated rings. The molecule has 0 saturated carbocycles. The third kappa shape index (κ3) is 5.03. The van der Waals surface area contributed by atoms with Gasteiger partial charge in [0, 0.05) is 62.0 Å². The summed E-state index contributed by atoms with van der Waals surface area (Å²) in [6.07, 6.45) is 9.55. The van der Waals surface area contributed by atoms with Gasteiger partial charge in [0.15, 0.2) is 17.1 Å². The summed E-state index contributed by atoms with van der Waals surface area (Å²) in [6.45, 7) is 3.54. The first-order valence-corrected chi connectivity index (χ1v) is 14.0. The number of fused-ring (bicyclic) bond motifs is 2. The van der Waals surface area contributed by atoms with E-state index in [4.69, 9.17) is 9.72 Å². The molecule has 0 unspecified atom stereocenters. The number of ether oxygens (including phenoxy) is 1. The second-order valence-electron chi connectivity index (χ2n) is 10.7. The number of aromatic amines is 2. The molecule has 0 bridgehead atoms. The third-order valence-corrected chi connectivity index (χ3v) is 7.67. The zero-order valence-electron chi connectivity index (χ0n) is 23.4. The third-order valence-electron chi connectivity index (χ3n) is 7.67. The van der Waals surface area contributed by atoms with E-state index < -0.39 is 0 Å². The van der Waals surface area contributed by atoms with Crippen LogP contribution >= 0.6 is 0 Å². The molecule has 0 spiro atoms. The molecule has 2 N–H and O–H groups in total. The van der Waals surface area contributed by atoms with Crippen molar-refractivity contribution in [1.29, 1.82) is 0 Å². The van der Waals surface area contributed by atoms with Crippen LogP contribution in [0.3, 0.4) is 0 Å². The molecule has 7 rings (SSSR count). The number of imidazole rings is 1. The summed E-state index contributed by atoms with van der Waals surface area (Å²) in [6, 6.07) is 10.7. The molecule has 11 heteroatoms. The van der Waals surface area contributed by atoms with Crippen molar-refractivity contribution in [2.75, 3.05) is 45.2 Å². The molecule has 0 amide bonds. The van der Waals surface area contributed by atoms with Gasteiger partial charge in [0.25, 0.3) is 0 Å². The largest absolute Gasteiger partial charge is 0.492 e. The van der Waals surface area contributed by atoms with Crippen LogP contribution in [-0.2, 0) is 0 Å². The highest BCUT2D eigenvalue weighted by atomic mass is 19.1. The van der Waals surface area contributed by atoms with E-state index in [1.807, 2.05) is 49.6 Å². The Kier molecular flexibility index (Phi) is 6.71. The van der Waals surface area contributed by atoms with Gasteiger partial charge in [-0.3, -0.25) is 15.0 Å². The maximum Gasteiger partial charge on any atom is 0.181 e. The lowest BCUT2D eigenvalue weighted by Crippen LogP contribution is -2.25. The molecule has 212 valence electrons. The molecule has 1 aliphatic heterocycles. The van der Waals surface area contributed by atoms with E-state index in [-0.39, 0.29) is 5.82 Å². The van der Waals surface area contributed by atoms with Gasteiger partial charge in [-0.2, -0.15) is 5.10 Å². The first kappa shape index (κ1) is 26.0. The predicted molar refractivity (Wildman–Crippen MR) is 161 cm³/mol. The zero-order chi connectivity index (χ0) is 28.6. The quantitative estimate of drug-likeness (QED) is 0.257. The van der Waals surface area contributed by atoms with Crippen LogP contribution in [0.1, 0.15) is 12.8 Å². The minimum absolute atomic E-state index is 0.362. The molecular weight excluding hydrogens is 533 g/mol.